The summed E-state index contributed by atoms with van der Waals surface area (Å²) in [6, 6.07) is 0.946. The lowest BCUT2D eigenvalue weighted by atomic mass is 10.1. The van der Waals surface area contributed by atoms with Gasteiger partial charge in [-0.25, -0.2) is 0 Å². The zero-order valence-electron chi connectivity index (χ0n) is 10.6. The van der Waals surface area contributed by atoms with Crippen molar-refractivity contribution in [2.45, 2.75) is 52.6 Å². The van der Waals surface area contributed by atoms with E-state index in [0.717, 1.165) is 17.3 Å². The Labute approximate surface area is 103 Å². The Hall–Kier alpha value is -0.540. The van der Waals surface area contributed by atoms with Crippen LogP contribution in [-0.4, -0.2) is 22.4 Å². The lowest BCUT2D eigenvalue weighted by Crippen LogP contribution is -2.32. The van der Waals surface area contributed by atoms with E-state index in [2.05, 4.69) is 31.2 Å². The highest BCUT2D eigenvalue weighted by molar-refractivity contribution is 6.31. The molecule has 1 rings (SSSR count). The molecule has 16 heavy (non-hydrogen) atoms. The summed E-state index contributed by atoms with van der Waals surface area (Å²) < 4.78 is 1.94. The highest BCUT2D eigenvalue weighted by atomic mass is 35.5. The molecule has 0 radical (unpaired) electrons. The number of aromatic nitrogens is 2. The maximum Gasteiger partial charge on any atom is 0.0815 e. The molecule has 1 aromatic rings. The Morgan fingerprint density at radius 2 is 2.06 bits per heavy atom. The number of hydrogen-bond acceptors (Lipinski definition) is 2. The number of rotatable bonds is 6. The second-order valence-electron chi connectivity index (χ2n) is 4.31. The van der Waals surface area contributed by atoms with Gasteiger partial charge in [-0.3, -0.25) is 4.68 Å². The van der Waals surface area contributed by atoms with Crippen LogP contribution in [0.1, 0.15) is 45.3 Å². The van der Waals surface area contributed by atoms with Gasteiger partial charge in [-0.2, -0.15) is 5.10 Å². The van der Waals surface area contributed by atoms with Crippen molar-refractivity contribution in [2.24, 2.45) is 0 Å². The minimum atomic E-state index is 0.340. The van der Waals surface area contributed by atoms with Crippen LogP contribution in [0.2, 0.25) is 5.02 Å². The van der Waals surface area contributed by atoms with Gasteiger partial charge in [-0.1, -0.05) is 25.4 Å². The molecular formula is C12H22ClN3. The van der Waals surface area contributed by atoms with Gasteiger partial charge in [0.05, 0.1) is 16.8 Å². The molecule has 0 aliphatic rings. The summed E-state index contributed by atoms with van der Waals surface area (Å²) in [6.45, 7) is 9.43. The molecule has 3 nitrogen and oxygen atoms in total. The Morgan fingerprint density at radius 1 is 1.44 bits per heavy atom. The molecule has 0 saturated heterocycles. The van der Waals surface area contributed by atoms with Crippen LogP contribution < -0.4 is 5.32 Å². The number of nitrogens with zero attached hydrogens (tertiary/aromatic N) is 2. The van der Waals surface area contributed by atoms with E-state index in [4.69, 9.17) is 11.6 Å². The van der Waals surface area contributed by atoms with Gasteiger partial charge < -0.3 is 5.32 Å². The van der Waals surface area contributed by atoms with Crippen LogP contribution in [0.15, 0.2) is 6.20 Å². The summed E-state index contributed by atoms with van der Waals surface area (Å²) in [5.74, 6) is 0. The third kappa shape index (κ3) is 3.49. The molecule has 1 N–H and O–H groups in total. The fourth-order valence-corrected chi connectivity index (χ4v) is 1.83. The van der Waals surface area contributed by atoms with E-state index in [1.807, 2.05) is 17.8 Å². The standard InChI is InChI=1S/C12H22ClN3/c1-5-11(6-2)14-7-9(3)16-8-12(13)10(4)15-16/h8-9,11,14H,5-7H2,1-4H3. The van der Waals surface area contributed by atoms with Crippen LogP contribution in [0.4, 0.5) is 0 Å². The van der Waals surface area contributed by atoms with Crippen molar-refractivity contribution in [1.29, 1.82) is 0 Å². The van der Waals surface area contributed by atoms with Gasteiger partial charge in [-0.05, 0) is 26.7 Å². The van der Waals surface area contributed by atoms with Gasteiger partial charge in [0, 0.05) is 18.8 Å². The molecule has 1 unspecified atom stereocenters. The van der Waals surface area contributed by atoms with Crippen LogP contribution in [0.25, 0.3) is 0 Å². The van der Waals surface area contributed by atoms with Crippen molar-refractivity contribution in [2.75, 3.05) is 6.54 Å². The second-order valence-corrected chi connectivity index (χ2v) is 4.72. The van der Waals surface area contributed by atoms with Crippen molar-refractivity contribution in [3.05, 3.63) is 16.9 Å². The second kappa shape index (κ2) is 6.26. The van der Waals surface area contributed by atoms with Crippen molar-refractivity contribution < 1.29 is 0 Å². The minimum absolute atomic E-state index is 0.340. The lowest BCUT2D eigenvalue weighted by Gasteiger charge is -2.18. The Balaban J connectivity index is 2.49. The molecule has 1 heterocycles. The first-order chi connectivity index (χ1) is 7.58. The zero-order chi connectivity index (χ0) is 12.1. The number of halogens is 1. The summed E-state index contributed by atoms with van der Waals surface area (Å²) in [6.07, 6.45) is 4.24. The average molecular weight is 244 g/mol. The van der Waals surface area contributed by atoms with E-state index < -0.39 is 0 Å². The summed E-state index contributed by atoms with van der Waals surface area (Å²) in [5, 5.41) is 8.67. The van der Waals surface area contributed by atoms with Crippen molar-refractivity contribution in [3.8, 4) is 0 Å². The van der Waals surface area contributed by atoms with Gasteiger partial charge in [0.2, 0.25) is 0 Å². The molecule has 1 aromatic heterocycles. The average Bonchev–Trinajstić information content (AvgIpc) is 2.60. The molecule has 4 heteroatoms. The van der Waals surface area contributed by atoms with Crippen LogP contribution in [-0.2, 0) is 0 Å². The molecule has 0 aliphatic carbocycles. The summed E-state index contributed by atoms with van der Waals surface area (Å²) in [7, 11) is 0. The van der Waals surface area contributed by atoms with Crippen LogP contribution >= 0.6 is 11.6 Å². The molecule has 92 valence electrons. The highest BCUT2D eigenvalue weighted by Crippen LogP contribution is 2.15. The molecule has 0 fully saturated rings. The van der Waals surface area contributed by atoms with E-state index in [1.165, 1.54) is 12.8 Å². The van der Waals surface area contributed by atoms with Gasteiger partial charge in [0.1, 0.15) is 0 Å². The predicted molar refractivity (Wildman–Crippen MR) is 69.1 cm³/mol. The Morgan fingerprint density at radius 3 is 2.50 bits per heavy atom. The molecule has 0 bridgehead atoms. The highest BCUT2D eigenvalue weighted by Gasteiger charge is 2.10. The SMILES string of the molecule is CCC(CC)NCC(C)n1cc(Cl)c(C)n1. The Bertz CT molecular complexity index is 299. The predicted octanol–water partition coefficient (Wildman–Crippen LogP) is 3.18. The Kier molecular flexibility index (Phi) is 5.29. The number of hydrogen-bond donors (Lipinski definition) is 1. The fourth-order valence-electron chi connectivity index (χ4n) is 1.69. The van der Waals surface area contributed by atoms with Crippen molar-refractivity contribution >= 4 is 11.6 Å². The minimum Gasteiger partial charge on any atom is -0.312 e. The molecule has 0 aromatic carbocycles. The number of aryl methyl sites for hydroxylation is 1. The van der Waals surface area contributed by atoms with E-state index in [9.17, 15) is 0 Å². The van der Waals surface area contributed by atoms with Gasteiger partial charge in [0.25, 0.3) is 0 Å². The first-order valence-corrected chi connectivity index (χ1v) is 6.40. The van der Waals surface area contributed by atoms with E-state index in [0.29, 0.717) is 12.1 Å². The quantitative estimate of drug-likeness (QED) is 0.832. The maximum atomic E-state index is 5.99. The van der Waals surface area contributed by atoms with Gasteiger partial charge in [0.15, 0.2) is 0 Å². The fraction of sp³-hybridized carbons (Fsp3) is 0.750. The third-order valence-electron chi connectivity index (χ3n) is 3.00. The smallest absolute Gasteiger partial charge is 0.0815 e. The normalized spacial score (nSPS) is 13.4. The van der Waals surface area contributed by atoms with Crippen LogP contribution in [0, 0.1) is 6.92 Å². The van der Waals surface area contributed by atoms with Crippen molar-refractivity contribution in [3.63, 3.8) is 0 Å². The zero-order valence-corrected chi connectivity index (χ0v) is 11.4. The van der Waals surface area contributed by atoms with E-state index in [1.54, 1.807) is 0 Å². The molecule has 0 spiro atoms. The first kappa shape index (κ1) is 13.5. The van der Waals surface area contributed by atoms with E-state index >= 15 is 0 Å². The molecule has 1 atom stereocenters. The van der Waals surface area contributed by atoms with Crippen molar-refractivity contribution in [1.82, 2.24) is 15.1 Å². The molecule has 0 saturated carbocycles. The molecule has 0 amide bonds. The van der Waals surface area contributed by atoms with Gasteiger partial charge >= 0.3 is 0 Å². The number of nitrogens with one attached hydrogen (secondary N) is 1. The summed E-state index contributed by atoms with van der Waals surface area (Å²) >= 11 is 5.99. The largest absolute Gasteiger partial charge is 0.312 e. The molecular weight excluding hydrogens is 222 g/mol. The van der Waals surface area contributed by atoms with Crippen LogP contribution in [0.5, 0.6) is 0 Å². The summed E-state index contributed by atoms with van der Waals surface area (Å²) in [4.78, 5) is 0. The molecule has 0 aliphatic heterocycles. The van der Waals surface area contributed by atoms with Crippen LogP contribution in [0.3, 0.4) is 0 Å². The monoisotopic (exact) mass is 243 g/mol. The maximum absolute atomic E-state index is 5.99. The topological polar surface area (TPSA) is 29.9 Å². The lowest BCUT2D eigenvalue weighted by molar-refractivity contribution is 0.400. The van der Waals surface area contributed by atoms with E-state index in [-0.39, 0.29) is 0 Å². The first-order valence-electron chi connectivity index (χ1n) is 6.03. The third-order valence-corrected chi connectivity index (χ3v) is 3.37. The van der Waals surface area contributed by atoms with Gasteiger partial charge in [-0.15, -0.1) is 0 Å². The summed E-state index contributed by atoms with van der Waals surface area (Å²) in [5.41, 5.74) is 0.899.